The highest BCUT2D eigenvalue weighted by molar-refractivity contribution is 7.15. The number of carbonyl (C=O) groups excluding carboxylic acids is 1. The Morgan fingerprint density at radius 1 is 1.06 bits per heavy atom. The van der Waals surface area contributed by atoms with E-state index in [1.807, 2.05) is 24.3 Å². The minimum Gasteiger partial charge on any atom is -0.494 e. The van der Waals surface area contributed by atoms with Gasteiger partial charge in [0.05, 0.1) is 6.61 Å². The predicted molar refractivity (Wildman–Crippen MR) is 130 cm³/mol. The van der Waals surface area contributed by atoms with E-state index in [0.29, 0.717) is 33.8 Å². The van der Waals surface area contributed by atoms with Gasteiger partial charge in [-0.15, -0.1) is 11.3 Å². The van der Waals surface area contributed by atoms with Gasteiger partial charge in [-0.25, -0.2) is 4.98 Å². The Kier molecular flexibility index (Phi) is 9.19. The van der Waals surface area contributed by atoms with Crippen molar-refractivity contribution in [2.45, 2.75) is 45.4 Å². The first-order valence-electron chi connectivity index (χ1n) is 10.5. The molecule has 0 fully saturated rings. The van der Waals surface area contributed by atoms with Gasteiger partial charge < -0.3 is 4.74 Å². The highest BCUT2D eigenvalue weighted by Gasteiger charge is 2.11. The molecule has 1 N–H and O–H groups in total. The van der Waals surface area contributed by atoms with Crippen LogP contribution in [0, 0.1) is 0 Å². The second kappa shape index (κ2) is 12.1. The number of hydrogen-bond donors (Lipinski definition) is 1. The van der Waals surface area contributed by atoms with Crippen molar-refractivity contribution in [1.82, 2.24) is 4.98 Å². The molecule has 0 atom stereocenters. The van der Waals surface area contributed by atoms with Crippen LogP contribution in [0.15, 0.2) is 48.7 Å². The molecular formula is C24H26Cl2N2O2S. The zero-order valence-corrected chi connectivity index (χ0v) is 19.8. The van der Waals surface area contributed by atoms with Gasteiger partial charge in [0.2, 0.25) is 0 Å². The molecule has 0 aliphatic carbocycles. The molecule has 31 heavy (non-hydrogen) atoms. The summed E-state index contributed by atoms with van der Waals surface area (Å²) in [6.07, 6.45) is 8.40. The third-order valence-corrected chi connectivity index (χ3v) is 6.29. The summed E-state index contributed by atoms with van der Waals surface area (Å²) in [7, 11) is 0. The molecule has 3 aromatic rings. The fraction of sp³-hybridized carbons (Fsp3) is 0.333. The average molecular weight is 477 g/mol. The van der Waals surface area contributed by atoms with Gasteiger partial charge in [0.1, 0.15) is 5.75 Å². The molecule has 0 spiro atoms. The number of benzene rings is 2. The van der Waals surface area contributed by atoms with Crippen LogP contribution in [0.3, 0.4) is 0 Å². The van der Waals surface area contributed by atoms with E-state index < -0.39 is 0 Å². The molecular weight excluding hydrogens is 451 g/mol. The summed E-state index contributed by atoms with van der Waals surface area (Å²) in [6, 6.07) is 12.6. The number of ether oxygens (including phenoxy) is 1. The van der Waals surface area contributed by atoms with E-state index in [1.165, 1.54) is 37.0 Å². The fourth-order valence-electron chi connectivity index (χ4n) is 3.07. The molecule has 0 saturated heterocycles. The van der Waals surface area contributed by atoms with Crippen molar-refractivity contribution in [2.75, 3.05) is 11.9 Å². The van der Waals surface area contributed by atoms with Gasteiger partial charge in [-0.1, -0.05) is 61.9 Å². The van der Waals surface area contributed by atoms with Gasteiger partial charge >= 0.3 is 0 Å². The number of hydrogen-bond acceptors (Lipinski definition) is 4. The second-order valence-electron chi connectivity index (χ2n) is 7.29. The van der Waals surface area contributed by atoms with Crippen molar-refractivity contribution in [3.8, 4) is 5.75 Å². The smallest absolute Gasteiger partial charge is 0.257 e. The van der Waals surface area contributed by atoms with E-state index in [1.54, 1.807) is 24.4 Å². The molecule has 0 saturated carbocycles. The Balaban J connectivity index is 1.49. The van der Waals surface area contributed by atoms with Crippen molar-refractivity contribution in [2.24, 2.45) is 0 Å². The maximum Gasteiger partial charge on any atom is 0.257 e. The Bertz CT molecular complexity index is 989. The maximum absolute atomic E-state index is 12.5. The highest BCUT2D eigenvalue weighted by Crippen LogP contribution is 2.27. The molecule has 2 aromatic carbocycles. The molecule has 1 heterocycles. The SMILES string of the molecule is CCCCCCCOc1ccc(C(=O)Nc2ncc(Cc3ccc(Cl)cc3Cl)s2)cc1. The Hall–Kier alpha value is -2.08. The Labute approximate surface area is 197 Å². The molecule has 1 aromatic heterocycles. The standard InChI is InChI=1S/C24H26Cl2N2O2S/c1-2-3-4-5-6-13-30-20-11-8-17(9-12-20)23(29)28-24-27-16-21(31-24)14-18-7-10-19(25)15-22(18)26/h7-12,15-16H,2-6,13-14H2,1H3,(H,27,28,29). The van der Waals surface area contributed by atoms with Crippen LogP contribution in [0.25, 0.3) is 0 Å². The lowest BCUT2D eigenvalue weighted by atomic mass is 10.1. The number of aromatic nitrogens is 1. The number of rotatable bonds is 11. The minimum atomic E-state index is -0.198. The highest BCUT2D eigenvalue weighted by atomic mass is 35.5. The normalized spacial score (nSPS) is 10.8. The van der Waals surface area contributed by atoms with Gasteiger partial charge in [-0.05, 0) is 48.4 Å². The molecule has 4 nitrogen and oxygen atoms in total. The summed E-state index contributed by atoms with van der Waals surface area (Å²) >= 11 is 13.6. The summed E-state index contributed by atoms with van der Waals surface area (Å²) in [5, 5.41) is 4.63. The number of thiazole rings is 1. The summed E-state index contributed by atoms with van der Waals surface area (Å²) in [6.45, 7) is 2.91. The molecule has 0 unspecified atom stereocenters. The van der Waals surface area contributed by atoms with Crippen LogP contribution in [0.5, 0.6) is 5.75 Å². The van der Waals surface area contributed by atoms with Gasteiger partial charge in [0, 0.05) is 33.1 Å². The number of unbranched alkanes of at least 4 members (excludes halogenated alkanes) is 4. The zero-order chi connectivity index (χ0) is 22.1. The third-order valence-electron chi connectivity index (χ3n) is 4.79. The second-order valence-corrected chi connectivity index (χ2v) is 9.24. The zero-order valence-electron chi connectivity index (χ0n) is 17.5. The average Bonchev–Trinajstić information content (AvgIpc) is 3.20. The van der Waals surface area contributed by atoms with E-state index in [9.17, 15) is 4.79 Å². The van der Waals surface area contributed by atoms with Crippen molar-refractivity contribution in [3.63, 3.8) is 0 Å². The first-order chi connectivity index (χ1) is 15.0. The molecule has 0 aliphatic heterocycles. The van der Waals surface area contributed by atoms with Crippen LogP contribution in [0.2, 0.25) is 10.0 Å². The number of nitrogens with one attached hydrogen (secondary N) is 1. The maximum atomic E-state index is 12.5. The number of carbonyl (C=O) groups is 1. The van der Waals surface area contributed by atoms with Crippen molar-refractivity contribution in [3.05, 3.63) is 74.7 Å². The van der Waals surface area contributed by atoms with E-state index in [-0.39, 0.29) is 5.91 Å². The van der Waals surface area contributed by atoms with Gasteiger partial charge in [-0.3, -0.25) is 10.1 Å². The largest absolute Gasteiger partial charge is 0.494 e. The van der Waals surface area contributed by atoms with Gasteiger partial charge in [0.25, 0.3) is 5.91 Å². The van der Waals surface area contributed by atoms with Crippen LogP contribution in [-0.4, -0.2) is 17.5 Å². The lowest BCUT2D eigenvalue weighted by Gasteiger charge is -2.07. The molecule has 0 aliphatic rings. The third kappa shape index (κ3) is 7.53. The first kappa shape index (κ1) is 23.6. The summed E-state index contributed by atoms with van der Waals surface area (Å²) in [4.78, 5) is 17.8. The molecule has 1 amide bonds. The number of nitrogens with zero attached hydrogens (tertiary/aromatic N) is 1. The lowest BCUT2D eigenvalue weighted by molar-refractivity contribution is 0.102. The van der Waals surface area contributed by atoms with Crippen molar-refractivity contribution in [1.29, 1.82) is 0 Å². The predicted octanol–water partition coefficient (Wildman–Crippen LogP) is 7.64. The van der Waals surface area contributed by atoms with Crippen LogP contribution in [-0.2, 0) is 6.42 Å². The molecule has 0 radical (unpaired) electrons. The van der Waals surface area contributed by atoms with Gasteiger partial charge in [0.15, 0.2) is 5.13 Å². The van der Waals surface area contributed by atoms with E-state index >= 15 is 0 Å². The van der Waals surface area contributed by atoms with Crippen LogP contribution >= 0.6 is 34.5 Å². The van der Waals surface area contributed by atoms with Crippen LogP contribution < -0.4 is 10.1 Å². The molecule has 3 rings (SSSR count). The van der Waals surface area contributed by atoms with E-state index in [2.05, 4.69) is 17.2 Å². The molecule has 164 valence electrons. The molecule has 7 heteroatoms. The number of anilines is 1. The molecule has 0 bridgehead atoms. The first-order valence-corrected chi connectivity index (χ1v) is 12.0. The summed E-state index contributed by atoms with van der Waals surface area (Å²) < 4.78 is 5.76. The Morgan fingerprint density at radius 2 is 1.84 bits per heavy atom. The van der Waals surface area contributed by atoms with E-state index in [0.717, 1.165) is 22.6 Å². The Morgan fingerprint density at radius 3 is 2.58 bits per heavy atom. The van der Waals surface area contributed by atoms with Crippen molar-refractivity contribution >= 4 is 45.6 Å². The van der Waals surface area contributed by atoms with Crippen LogP contribution in [0.1, 0.15) is 59.8 Å². The fourth-order valence-corrected chi connectivity index (χ4v) is 4.37. The quantitative estimate of drug-likeness (QED) is 0.289. The van der Waals surface area contributed by atoms with E-state index in [4.69, 9.17) is 27.9 Å². The monoisotopic (exact) mass is 476 g/mol. The lowest BCUT2D eigenvalue weighted by Crippen LogP contribution is -2.11. The summed E-state index contributed by atoms with van der Waals surface area (Å²) in [5.74, 6) is 0.583. The van der Waals surface area contributed by atoms with Crippen LogP contribution in [0.4, 0.5) is 5.13 Å². The van der Waals surface area contributed by atoms with Gasteiger partial charge in [-0.2, -0.15) is 0 Å². The minimum absolute atomic E-state index is 0.198. The number of amides is 1. The number of halogens is 2. The topological polar surface area (TPSA) is 51.2 Å². The van der Waals surface area contributed by atoms with Crippen molar-refractivity contribution < 1.29 is 9.53 Å². The summed E-state index contributed by atoms with van der Waals surface area (Å²) in [5.41, 5.74) is 1.53.